The van der Waals surface area contributed by atoms with E-state index in [0.29, 0.717) is 0 Å². The van der Waals surface area contributed by atoms with Gasteiger partial charge in [0.05, 0.1) is 47.5 Å². The molecule has 0 unspecified atom stereocenters. The Bertz CT molecular complexity index is 1200. The van der Waals surface area contributed by atoms with Gasteiger partial charge in [0, 0.05) is 18.0 Å². The summed E-state index contributed by atoms with van der Waals surface area (Å²) < 4.78 is 82.4. The second-order valence-corrected chi connectivity index (χ2v) is 10.9. The molecule has 4 saturated heterocycles. The molecule has 4 aliphatic heterocycles. The third-order valence-electron chi connectivity index (χ3n) is 7.62. The third-order valence-corrected chi connectivity index (χ3v) is 8.18. The zero-order chi connectivity index (χ0) is 24.1. The number of anilines is 1. The van der Waals surface area contributed by atoms with E-state index in [1.165, 1.54) is 17.0 Å². The molecule has 4 fully saturated rings. The van der Waals surface area contributed by atoms with Crippen LogP contribution in [0.15, 0.2) is 18.2 Å². The van der Waals surface area contributed by atoms with Crippen molar-refractivity contribution < 1.29 is 40.0 Å². The second-order valence-electron chi connectivity index (χ2n) is 9.31. The van der Waals surface area contributed by atoms with Crippen LogP contribution in [0.4, 0.5) is 18.9 Å². The molecule has 5 rings (SSSR count). The Labute approximate surface area is 188 Å². The molecule has 1 aromatic rings. The molecule has 33 heavy (non-hydrogen) atoms. The van der Waals surface area contributed by atoms with Gasteiger partial charge in [0.1, 0.15) is 17.9 Å². The van der Waals surface area contributed by atoms with Gasteiger partial charge >= 0.3 is 6.18 Å². The number of carbonyl (C=O) groups is 1. The second kappa shape index (κ2) is 6.69. The van der Waals surface area contributed by atoms with E-state index in [-0.39, 0.29) is 18.7 Å². The van der Waals surface area contributed by atoms with Crippen molar-refractivity contribution in [1.29, 1.82) is 5.26 Å². The molecule has 1 amide bonds. The highest BCUT2D eigenvalue weighted by atomic mass is 32.2. The van der Waals surface area contributed by atoms with E-state index in [9.17, 15) is 26.4 Å². The molecule has 12 heteroatoms. The predicted octanol–water partition coefficient (Wildman–Crippen LogP) is 2.42. The zero-order valence-corrected chi connectivity index (χ0v) is 18.7. The minimum absolute atomic E-state index is 0.0426. The monoisotopic (exact) mass is 486 g/mol. The van der Waals surface area contributed by atoms with Gasteiger partial charge in [-0.05, 0) is 25.1 Å². The van der Waals surface area contributed by atoms with Crippen LogP contribution >= 0.6 is 0 Å². The Morgan fingerprint density at radius 3 is 2.64 bits per heavy atom. The molecule has 1 spiro atoms. The average molecular weight is 486 g/mol. The lowest BCUT2D eigenvalue weighted by molar-refractivity contribution is -0.159. The van der Waals surface area contributed by atoms with Crippen LogP contribution in [-0.2, 0) is 34.7 Å². The Balaban J connectivity index is 1.62. The van der Waals surface area contributed by atoms with Gasteiger partial charge in [-0.1, -0.05) is 6.92 Å². The molecule has 8 nitrogen and oxygen atoms in total. The van der Waals surface area contributed by atoms with Crippen molar-refractivity contribution in [2.24, 2.45) is 17.8 Å². The van der Waals surface area contributed by atoms with Crippen molar-refractivity contribution in [1.82, 2.24) is 0 Å². The zero-order valence-electron chi connectivity index (χ0n) is 17.9. The number of fused-ring (bicyclic) bond motifs is 2. The summed E-state index contributed by atoms with van der Waals surface area (Å²) in [6.45, 7) is 3.57. The first-order valence-corrected chi connectivity index (χ1v) is 12.2. The minimum Gasteiger partial charge on any atom is -0.364 e. The molecule has 0 radical (unpaired) electrons. The van der Waals surface area contributed by atoms with Gasteiger partial charge in [-0.3, -0.25) is 13.9 Å². The standard InChI is InChI=1S/C21H21F3N2O6S/c1-10-16(31-33(3,28)29)20-6-7-30-18-15(20)14(19(10,2)32-20)17(27)26(18)12-5-4-11(9-25)13(8-12)21(22,23)24/h4-5,8,10,14-16,18H,6-7H2,1-3H3/t10-,14-,15+,16+,18+,19-,20-/m1/s1. The van der Waals surface area contributed by atoms with Crippen LogP contribution in [0.2, 0.25) is 0 Å². The Kier molecular flexibility index (Phi) is 4.58. The Hall–Kier alpha value is -2.20. The quantitative estimate of drug-likeness (QED) is 0.604. The molecule has 0 N–H and O–H groups in total. The fraction of sp³-hybridized carbons (Fsp3) is 0.619. The van der Waals surface area contributed by atoms with Crippen molar-refractivity contribution in [3.8, 4) is 6.07 Å². The molecule has 7 atom stereocenters. The summed E-state index contributed by atoms with van der Waals surface area (Å²) in [4.78, 5) is 14.8. The van der Waals surface area contributed by atoms with E-state index >= 15 is 0 Å². The van der Waals surface area contributed by atoms with Crippen molar-refractivity contribution in [2.45, 2.75) is 50.0 Å². The Morgan fingerprint density at radius 2 is 2.03 bits per heavy atom. The topological polar surface area (TPSA) is 106 Å². The summed E-state index contributed by atoms with van der Waals surface area (Å²) in [5, 5.41) is 9.09. The fourth-order valence-electron chi connectivity index (χ4n) is 6.29. The third kappa shape index (κ3) is 2.92. The molecular formula is C21H21F3N2O6S. The molecule has 4 aliphatic rings. The summed E-state index contributed by atoms with van der Waals surface area (Å²) in [6.07, 6.45) is -5.37. The first kappa shape index (κ1) is 22.6. The molecule has 1 aromatic carbocycles. The number of ether oxygens (including phenoxy) is 2. The minimum atomic E-state index is -4.79. The fourth-order valence-corrected chi connectivity index (χ4v) is 6.99. The molecular weight excluding hydrogens is 465 g/mol. The van der Waals surface area contributed by atoms with Crippen LogP contribution in [0.5, 0.6) is 0 Å². The van der Waals surface area contributed by atoms with Crippen molar-refractivity contribution in [2.75, 3.05) is 17.8 Å². The van der Waals surface area contributed by atoms with Gasteiger partial charge < -0.3 is 9.47 Å². The van der Waals surface area contributed by atoms with Gasteiger partial charge in [0.25, 0.3) is 10.1 Å². The highest BCUT2D eigenvalue weighted by Gasteiger charge is 2.81. The number of benzene rings is 1. The number of nitrogens with zero attached hydrogens (tertiary/aromatic N) is 2. The van der Waals surface area contributed by atoms with Crippen molar-refractivity contribution in [3.63, 3.8) is 0 Å². The molecule has 0 saturated carbocycles. The predicted molar refractivity (Wildman–Crippen MR) is 106 cm³/mol. The lowest BCUT2D eigenvalue weighted by atomic mass is 9.60. The maximum atomic E-state index is 13.6. The normalized spacial score (nSPS) is 39.6. The van der Waals surface area contributed by atoms with Crippen LogP contribution in [0.3, 0.4) is 0 Å². The average Bonchev–Trinajstić information content (AvgIpc) is 3.25. The van der Waals surface area contributed by atoms with Gasteiger partial charge in [-0.25, -0.2) is 0 Å². The van der Waals surface area contributed by atoms with Gasteiger partial charge in [-0.2, -0.15) is 26.9 Å². The number of nitriles is 1. The number of alkyl halides is 3. The summed E-state index contributed by atoms with van der Waals surface area (Å²) in [5.41, 5.74) is -3.95. The lowest BCUT2D eigenvalue weighted by Crippen LogP contribution is -2.60. The number of amides is 1. The SMILES string of the molecule is C[C@@H]1[C@H](OS(C)(=O)=O)[C@@]23CCO[C@H]4[C@@H]2[C@H](C(=O)N4c2ccc(C#N)c(C(F)(F)F)c2)[C@]1(C)O3. The highest BCUT2D eigenvalue weighted by Crippen LogP contribution is 2.68. The van der Waals surface area contributed by atoms with Crippen LogP contribution in [0, 0.1) is 29.1 Å². The van der Waals surface area contributed by atoms with Crippen LogP contribution in [0.1, 0.15) is 31.4 Å². The smallest absolute Gasteiger partial charge is 0.364 e. The summed E-state index contributed by atoms with van der Waals surface area (Å²) in [6, 6.07) is 4.63. The van der Waals surface area contributed by atoms with E-state index in [1.54, 1.807) is 13.8 Å². The first-order chi connectivity index (χ1) is 15.2. The maximum Gasteiger partial charge on any atom is 0.417 e. The first-order valence-electron chi connectivity index (χ1n) is 10.4. The van der Waals surface area contributed by atoms with Crippen molar-refractivity contribution in [3.05, 3.63) is 29.3 Å². The van der Waals surface area contributed by atoms with Crippen LogP contribution in [-0.4, -0.2) is 50.7 Å². The molecule has 0 aliphatic carbocycles. The summed E-state index contributed by atoms with van der Waals surface area (Å²) >= 11 is 0. The van der Waals surface area contributed by atoms with Gasteiger partial charge in [-0.15, -0.1) is 0 Å². The maximum absolute atomic E-state index is 13.6. The van der Waals surface area contributed by atoms with Crippen molar-refractivity contribution >= 4 is 21.7 Å². The van der Waals surface area contributed by atoms with Crippen LogP contribution < -0.4 is 4.90 Å². The molecule has 2 bridgehead atoms. The van der Waals surface area contributed by atoms with E-state index in [1.807, 2.05) is 0 Å². The summed E-state index contributed by atoms with van der Waals surface area (Å²) in [5.74, 6) is -2.31. The molecule has 178 valence electrons. The van der Waals surface area contributed by atoms with Gasteiger partial charge in [0.2, 0.25) is 5.91 Å². The number of hydrogen-bond acceptors (Lipinski definition) is 7. The molecule has 0 aromatic heterocycles. The van der Waals surface area contributed by atoms with E-state index in [4.69, 9.17) is 18.9 Å². The van der Waals surface area contributed by atoms with E-state index < -0.39 is 74.6 Å². The van der Waals surface area contributed by atoms with E-state index in [0.717, 1.165) is 18.4 Å². The largest absolute Gasteiger partial charge is 0.417 e. The van der Waals surface area contributed by atoms with Gasteiger partial charge in [0.15, 0.2) is 0 Å². The lowest BCUT2D eigenvalue weighted by Gasteiger charge is -2.46. The number of carbonyl (C=O) groups excluding carboxylic acids is 1. The number of rotatable bonds is 3. The molecule has 4 heterocycles. The number of hydrogen-bond donors (Lipinski definition) is 0. The number of halogens is 3. The highest BCUT2D eigenvalue weighted by molar-refractivity contribution is 7.86. The van der Waals surface area contributed by atoms with Crippen LogP contribution in [0.25, 0.3) is 0 Å². The van der Waals surface area contributed by atoms with E-state index in [2.05, 4.69) is 0 Å². The Morgan fingerprint density at radius 1 is 1.33 bits per heavy atom. The summed E-state index contributed by atoms with van der Waals surface area (Å²) in [7, 11) is -3.84.